The first-order chi connectivity index (χ1) is 7.88. The molecule has 0 heterocycles. The largest absolute Gasteiger partial charge is 0.504 e. The third-order valence-corrected chi connectivity index (χ3v) is 1.95. The molecule has 92 valence electrons. The van der Waals surface area contributed by atoms with Gasteiger partial charge in [-0.2, -0.15) is 0 Å². The van der Waals surface area contributed by atoms with Crippen molar-refractivity contribution in [2.45, 2.75) is 0 Å². The molecule has 7 heteroatoms. The molecule has 0 saturated heterocycles. The fourth-order valence-electron chi connectivity index (χ4n) is 1.18. The molecule has 1 rings (SSSR count). The van der Waals surface area contributed by atoms with Crippen LogP contribution in [0.5, 0.6) is 23.0 Å². The number of rotatable bonds is 3. The van der Waals surface area contributed by atoms with Crippen LogP contribution < -0.4 is 4.74 Å². The molecule has 0 aliphatic carbocycles. The van der Waals surface area contributed by atoms with Crippen molar-refractivity contribution in [2.75, 3.05) is 7.11 Å². The summed E-state index contributed by atoms with van der Waals surface area (Å²) in [6, 6.07) is 0.938. The second-order valence-electron chi connectivity index (χ2n) is 3.05. The van der Waals surface area contributed by atoms with Gasteiger partial charge >= 0.3 is 5.97 Å². The molecule has 0 aromatic heterocycles. The molecule has 1 aromatic carbocycles. The Morgan fingerprint density at radius 3 is 2.29 bits per heavy atom. The molecule has 0 amide bonds. The Labute approximate surface area is 95.4 Å². The summed E-state index contributed by atoms with van der Waals surface area (Å²) in [5, 5.41) is 45.4. The van der Waals surface area contributed by atoms with Gasteiger partial charge < -0.3 is 30.3 Å². The molecule has 0 radical (unpaired) electrons. The zero-order valence-electron chi connectivity index (χ0n) is 8.71. The highest BCUT2D eigenvalue weighted by molar-refractivity contribution is 5.90. The Morgan fingerprint density at radius 1 is 1.24 bits per heavy atom. The highest BCUT2D eigenvalue weighted by atomic mass is 16.5. The third-order valence-electron chi connectivity index (χ3n) is 1.95. The van der Waals surface area contributed by atoms with Gasteiger partial charge in [-0.15, -0.1) is 0 Å². The molecule has 1 aromatic rings. The number of benzene rings is 1. The molecule has 0 bridgehead atoms. The number of carboxylic acids is 1. The van der Waals surface area contributed by atoms with Crippen LogP contribution in [0.25, 0.3) is 6.08 Å². The van der Waals surface area contributed by atoms with Crippen molar-refractivity contribution in [1.29, 1.82) is 0 Å². The van der Waals surface area contributed by atoms with Crippen molar-refractivity contribution in [3.8, 4) is 23.0 Å². The topological polar surface area (TPSA) is 127 Å². The summed E-state index contributed by atoms with van der Waals surface area (Å²) in [5.74, 6) is -5.08. The maximum Gasteiger partial charge on any atom is 0.370 e. The molecule has 17 heavy (non-hydrogen) atoms. The molecule has 0 atom stereocenters. The van der Waals surface area contributed by atoms with Gasteiger partial charge in [0, 0.05) is 5.56 Å². The number of carbonyl (C=O) groups is 1. The van der Waals surface area contributed by atoms with Crippen molar-refractivity contribution >= 4 is 12.0 Å². The predicted octanol–water partition coefficient (Wildman–Crippen LogP) is 0.795. The van der Waals surface area contributed by atoms with Gasteiger partial charge in [0.1, 0.15) is 0 Å². The predicted molar refractivity (Wildman–Crippen MR) is 56.2 cm³/mol. The average Bonchev–Trinajstić information content (AvgIpc) is 2.26. The van der Waals surface area contributed by atoms with Crippen LogP contribution in [-0.2, 0) is 4.79 Å². The van der Waals surface area contributed by atoms with Crippen molar-refractivity contribution in [1.82, 2.24) is 0 Å². The molecule has 0 spiro atoms. The van der Waals surface area contributed by atoms with Crippen LogP contribution in [0.15, 0.2) is 11.8 Å². The Kier molecular flexibility index (Phi) is 3.32. The van der Waals surface area contributed by atoms with Crippen LogP contribution in [0.3, 0.4) is 0 Å². The van der Waals surface area contributed by atoms with Crippen molar-refractivity contribution < 1.29 is 35.1 Å². The average molecular weight is 242 g/mol. The van der Waals surface area contributed by atoms with E-state index in [1.807, 2.05) is 0 Å². The lowest BCUT2D eigenvalue weighted by Gasteiger charge is -2.10. The molecular formula is C10H10O7. The summed E-state index contributed by atoms with van der Waals surface area (Å²) in [4.78, 5) is 10.4. The first-order valence-electron chi connectivity index (χ1n) is 4.34. The number of phenolic OH excluding ortho intramolecular Hbond substituents is 3. The van der Waals surface area contributed by atoms with E-state index in [2.05, 4.69) is 0 Å². The van der Waals surface area contributed by atoms with Gasteiger partial charge in [-0.25, -0.2) is 4.79 Å². The summed E-state index contributed by atoms with van der Waals surface area (Å²) >= 11 is 0. The van der Waals surface area contributed by atoms with Crippen LogP contribution in [0.4, 0.5) is 0 Å². The maximum atomic E-state index is 10.4. The summed E-state index contributed by atoms with van der Waals surface area (Å²) in [6.45, 7) is 0. The lowest BCUT2D eigenvalue weighted by molar-refractivity contribution is -0.135. The molecule has 0 fully saturated rings. The lowest BCUT2D eigenvalue weighted by Crippen LogP contribution is -1.99. The summed E-state index contributed by atoms with van der Waals surface area (Å²) in [5.41, 5.74) is -0.0970. The van der Waals surface area contributed by atoms with Gasteiger partial charge in [-0.05, 0) is 12.1 Å². The molecule has 0 saturated carbocycles. The van der Waals surface area contributed by atoms with E-state index in [4.69, 9.17) is 14.9 Å². The van der Waals surface area contributed by atoms with Crippen LogP contribution >= 0.6 is 0 Å². The lowest BCUT2D eigenvalue weighted by atomic mass is 10.1. The van der Waals surface area contributed by atoms with E-state index in [0.29, 0.717) is 0 Å². The van der Waals surface area contributed by atoms with E-state index in [1.54, 1.807) is 0 Å². The van der Waals surface area contributed by atoms with E-state index in [1.165, 1.54) is 7.11 Å². The molecule has 0 aliphatic rings. The smallest absolute Gasteiger partial charge is 0.370 e. The second kappa shape index (κ2) is 4.52. The molecule has 0 unspecified atom stereocenters. The van der Waals surface area contributed by atoms with E-state index in [-0.39, 0.29) is 11.3 Å². The van der Waals surface area contributed by atoms with Crippen molar-refractivity contribution in [3.63, 3.8) is 0 Å². The number of hydrogen-bond donors (Lipinski definition) is 5. The number of aromatic hydroxyl groups is 3. The zero-order chi connectivity index (χ0) is 13.2. The van der Waals surface area contributed by atoms with Gasteiger partial charge in [0.15, 0.2) is 11.5 Å². The monoisotopic (exact) mass is 242 g/mol. The Balaban J connectivity index is 3.44. The number of methoxy groups -OCH3 is 1. The quantitative estimate of drug-likeness (QED) is 0.301. The fraction of sp³-hybridized carbons (Fsp3) is 0.100. The van der Waals surface area contributed by atoms with Crippen molar-refractivity contribution in [2.24, 2.45) is 0 Å². The number of aliphatic hydroxyl groups is 1. The number of phenols is 3. The Morgan fingerprint density at radius 2 is 1.82 bits per heavy atom. The molecule has 0 aliphatic heterocycles. The molecule has 5 N–H and O–H groups in total. The van der Waals surface area contributed by atoms with Gasteiger partial charge in [0.2, 0.25) is 17.3 Å². The van der Waals surface area contributed by atoms with Crippen LogP contribution in [0.1, 0.15) is 5.56 Å². The van der Waals surface area contributed by atoms with Gasteiger partial charge in [0.25, 0.3) is 0 Å². The fourth-order valence-corrected chi connectivity index (χ4v) is 1.18. The van der Waals surface area contributed by atoms with E-state index in [9.17, 15) is 20.1 Å². The maximum absolute atomic E-state index is 10.4. The third kappa shape index (κ3) is 2.33. The van der Waals surface area contributed by atoms with Crippen LogP contribution in [0, 0.1) is 0 Å². The standard InChI is InChI=1S/C10H10O7/c1-17-9-4(3-6(12)10(15)16)2-5(11)7(13)8(9)14/h2-3,11-14H,1H3,(H,15,16)/b6-3-. The number of aliphatic hydroxyl groups excluding tert-OH is 1. The minimum atomic E-state index is -1.58. The Bertz CT molecular complexity index is 490. The number of ether oxygens (including phenoxy) is 1. The summed E-state index contributed by atoms with van der Waals surface area (Å²) < 4.78 is 4.72. The normalized spacial score (nSPS) is 11.2. The van der Waals surface area contributed by atoms with Crippen LogP contribution in [0.2, 0.25) is 0 Å². The molecular weight excluding hydrogens is 232 g/mol. The minimum absolute atomic E-state index is 0.0970. The van der Waals surface area contributed by atoms with Gasteiger partial charge in [-0.3, -0.25) is 0 Å². The van der Waals surface area contributed by atoms with Crippen LogP contribution in [-0.4, -0.2) is 38.6 Å². The van der Waals surface area contributed by atoms with E-state index >= 15 is 0 Å². The van der Waals surface area contributed by atoms with Gasteiger partial charge in [-0.1, -0.05) is 0 Å². The zero-order valence-corrected chi connectivity index (χ0v) is 8.71. The minimum Gasteiger partial charge on any atom is -0.504 e. The first-order valence-corrected chi connectivity index (χ1v) is 4.34. The first kappa shape index (κ1) is 12.5. The highest BCUT2D eigenvalue weighted by Gasteiger charge is 2.17. The van der Waals surface area contributed by atoms with E-state index in [0.717, 1.165) is 12.1 Å². The summed E-state index contributed by atoms with van der Waals surface area (Å²) in [7, 11) is 1.17. The SMILES string of the molecule is COc1c(/C=C(\O)C(=O)O)cc(O)c(O)c1O. The summed E-state index contributed by atoms with van der Waals surface area (Å²) in [6.07, 6.45) is 0.764. The number of aliphatic carboxylic acids is 1. The Hall–Kier alpha value is -2.57. The van der Waals surface area contributed by atoms with Crippen molar-refractivity contribution in [3.05, 3.63) is 17.4 Å². The number of hydrogen-bond acceptors (Lipinski definition) is 6. The highest BCUT2D eigenvalue weighted by Crippen LogP contribution is 2.45. The molecule has 7 nitrogen and oxygen atoms in total. The second-order valence-corrected chi connectivity index (χ2v) is 3.05. The van der Waals surface area contributed by atoms with Gasteiger partial charge in [0.05, 0.1) is 7.11 Å². The number of carboxylic acid groups (broad SMARTS) is 1. The van der Waals surface area contributed by atoms with E-state index < -0.39 is 29.0 Å².